The summed E-state index contributed by atoms with van der Waals surface area (Å²) in [5.74, 6) is 0.675. The van der Waals surface area contributed by atoms with E-state index in [4.69, 9.17) is 5.73 Å². The van der Waals surface area contributed by atoms with Gasteiger partial charge in [0.2, 0.25) is 0 Å². The molecule has 2 atom stereocenters. The molecule has 1 aliphatic carbocycles. The second-order valence-corrected chi connectivity index (χ2v) is 5.37. The summed E-state index contributed by atoms with van der Waals surface area (Å²) in [4.78, 5) is 3.40. The highest BCUT2D eigenvalue weighted by atomic mass is 14.7. The zero-order valence-electron chi connectivity index (χ0n) is 10.4. The standard InChI is InChI=1S/C15H20N2/c1-10-4-2-6-13-12(9-17-15(10)13)8-11-5-3-7-14(11)16/h2,4,6,9,11,14,17H,3,5,7-8,16H2,1H3. The molecule has 2 unspecified atom stereocenters. The van der Waals surface area contributed by atoms with Crippen LogP contribution in [0, 0.1) is 12.8 Å². The lowest BCUT2D eigenvalue weighted by molar-refractivity contribution is 0.480. The summed E-state index contributed by atoms with van der Waals surface area (Å²) in [6.45, 7) is 2.16. The van der Waals surface area contributed by atoms with E-state index in [-0.39, 0.29) is 0 Å². The Morgan fingerprint density at radius 3 is 3.00 bits per heavy atom. The van der Waals surface area contributed by atoms with Crippen LogP contribution >= 0.6 is 0 Å². The summed E-state index contributed by atoms with van der Waals surface area (Å²) in [6.07, 6.45) is 7.09. The fourth-order valence-corrected chi connectivity index (χ4v) is 3.13. The Balaban J connectivity index is 1.93. The number of aromatic nitrogens is 1. The van der Waals surface area contributed by atoms with Crippen LogP contribution in [0.4, 0.5) is 0 Å². The highest BCUT2D eigenvalue weighted by molar-refractivity contribution is 5.85. The Bertz CT molecular complexity index is 527. The van der Waals surface area contributed by atoms with Crippen LogP contribution in [-0.4, -0.2) is 11.0 Å². The van der Waals surface area contributed by atoms with Crippen LogP contribution in [0.15, 0.2) is 24.4 Å². The van der Waals surface area contributed by atoms with Gasteiger partial charge in [-0.25, -0.2) is 0 Å². The largest absolute Gasteiger partial charge is 0.361 e. The zero-order chi connectivity index (χ0) is 11.8. The summed E-state index contributed by atoms with van der Waals surface area (Å²) < 4.78 is 0. The average molecular weight is 228 g/mol. The van der Waals surface area contributed by atoms with E-state index < -0.39 is 0 Å². The quantitative estimate of drug-likeness (QED) is 0.814. The maximum absolute atomic E-state index is 6.16. The van der Waals surface area contributed by atoms with Crippen LogP contribution in [0.1, 0.15) is 30.4 Å². The zero-order valence-corrected chi connectivity index (χ0v) is 10.4. The van der Waals surface area contributed by atoms with E-state index in [9.17, 15) is 0 Å². The molecule has 1 fully saturated rings. The second-order valence-electron chi connectivity index (χ2n) is 5.37. The first kappa shape index (κ1) is 10.8. The molecule has 0 aliphatic heterocycles. The normalized spacial score (nSPS) is 24.6. The van der Waals surface area contributed by atoms with Gasteiger partial charge in [0.05, 0.1) is 0 Å². The second kappa shape index (κ2) is 4.19. The molecule has 0 saturated heterocycles. The van der Waals surface area contributed by atoms with Crippen molar-refractivity contribution < 1.29 is 0 Å². The molecule has 1 heterocycles. The predicted octanol–water partition coefficient (Wildman–Crippen LogP) is 3.15. The molecule has 3 N–H and O–H groups in total. The summed E-state index contributed by atoms with van der Waals surface area (Å²) in [5.41, 5.74) is 10.2. The minimum absolute atomic E-state index is 0.407. The van der Waals surface area contributed by atoms with Gasteiger partial charge in [-0.3, -0.25) is 0 Å². The minimum Gasteiger partial charge on any atom is -0.361 e. The Hall–Kier alpha value is -1.28. The molecular weight excluding hydrogens is 208 g/mol. The van der Waals surface area contributed by atoms with Crippen molar-refractivity contribution in [1.82, 2.24) is 4.98 Å². The number of aromatic amines is 1. The van der Waals surface area contributed by atoms with Crippen molar-refractivity contribution in [2.75, 3.05) is 0 Å². The van der Waals surface area contributed by atoms with Gasteiger partial charge in [0.25, 0.3) is 0 Å². The molecule has 2 nitrogen and oxygen atoms in total. The number of rotatable bonds is 2. The molecule has 90 valence electrons. The first-order chi connectivity index (χ1) is 8.25. The van der Waals surface area contributed by atoms with Crippen LogP contribution in [-0.2, 0) is 6.42 Å². The van der Waals surface area contributed by atoms with E-state index in [0.717, 1.165) is 6.42 Å². The van der Waals surface area contributed by atoms with Crippen molar-refractivity contribution >= 4 is 10.9 Å². The molecule has 17 heavy (non-hydrogen) atoms. The van der Waals surface area contributed by atoms with E-state index in [1.165, 1.54) is 41.3 Å². The number of hydrogen-bond acceptors (Lipinski definition) is 1. The van der Waals surface area contributed by atoms with Crippen molar-refractivity contribution in [2.45, 2.75) is 38.6 Å². The third kappa shape index (κ3) is 1.87. The summed E-state index contributed by atoms with van der Waals surface area (Å²) >= 11 is 0. The maximum atomic E-state index is 6.16. The predicted molar refractivity (Wildman–Crippen MR) is 72.1 cm³/mol. The third-order valence-electron chi connectivity index (χ3n) is 4.21. The SMILES string of the molecule is Cc1cccc2c(CC3CCCC3N)c[nH]c12. The molecule has 2 aromatic rings. The van der Waals surface area contributed by atoms with Gasteiger partial charge < -0.3 is 10.7 Å². The number of fused-ring (bicyclic) bond motifs is 1. The number of para-hydroxylation sites is 1. The minimum atomic E-state index is 0.407. The van der Waals surface area contributed by atoms with Gasteiger partial charge in [-0.15, -0.1) is 0 Å². The Morgan fingerprint density at radius 2 is 2.24 bits per heavy atom. The van der Waals surface area contributed by atoms with E-state index in [1.54, 1.807) is 0 Å². The number of nitrogens with one attached hydrogen (secondary N) is 1. The van der Waals surface area contributed by atoms with E-state index in [0.29, 0.717) is 12.0 Å². The van der Waals surface area contributed by atoms with Gasteiger partial charge in [-0.05, 0) is 43.2 Å². The monoisotopic (exact) mass is 228 g/mol. The lowest BCUT2D eigenvalue weighted by Crippen LogP contribution is -2.25. The molecule has 0 amide bonds. The molecule has 0 spiro atoms. The highest BCUT2D eigenvalue weighted by Crippen LogP contribution is 2.30. The van der Waals surface area contributed by atoms with Gasteiger partial charge in [0, 0.05) is 23.1 Å². The van der Waals surface area contributed by atoms with Crippen molar-refractivity contribution in [3.8, 4) is 0 Å². The van der Waals surface area contributed by atoms with Gasteiger partial charge >= 0.3 is 0 Å². The molecule has 1 aliphatic rings. The third-order valence-corrected chi connectivity index (χ3v) is 4.21. The summed E-state index contributed by atoms with van der Waals surface area (Å²) in [5, 5.41) is 1.38. The topological polar surface area (TPSA) is 41.8 Å². The van der Waals surface area contributed by atoms with Gasteiger partial charge in [-0.1, -0.05) is 24.6 Å². The molecule has 1 aromatic heterocycles. The molecular formula is C15H20N2. The molecule has 0 radical (unpaired) electrons. The van der Waals surface area contributed by atoms with Crippen molar-refractivity contribution in [1.29, 1.82) is 0 Å². The van der Waals surface area contributed by atoms with Crippen molar-refractivity contribution in [2.24, 2.45) is 11.7 Å². The van der Waals surface area contributed by atoms with Crippen LogP contribution in [0.3, 0.4) is 0 Å². The highest BCUT2D eigenvalue weighted by Gasteiger charge is 2.24. The molecule has 3 rings (SSSR count). The molecule has 1 saturated carbocycles. The fraction of sp³-hybridized carbons (Fsp3) is 0.467. The number of benzene rings is 1. The molecule has 1 aromatic carbocycles. The molecule has 2 heteroatoms. The van der Waals surface area contributed by atoms with Gasteiger partial charge in [-0.2, -0.15) is 0 Å². The Kier molecular flexibility index (Phi) is 2.67. The van der Waals surface area contributed by atoms with Crippen LogP contribution in [0.25, 0.3) is 10.9 Å². The summed E-state index contributed by atoms with van der Waals surface area (Å²) in [7, 11) is 0. The van der Waals surface area contributed by atoms with Gasteiger partial charge in [0.1, 0.15) is 0 Å². The van der Waals surface area contributed by atoms with Crippen molar-refractivity contribution in [3.63, 3.8) is 0 Å². The first-order valence-electron chi connectivity index (χ1n) is 6.57. The van der Waals surface area contributed by atoms with Gasteiger partial charge in [0.15, 0.2) is 0 Å². The Labute approximate surface area is 102 Å². The van der Waals surface area contributed by atoms with Crippen molar-refractivity contribution in [3.05, 3.63) is 35.5 Å². The number of hydrogen-bond donors (Lipinski definition) is 2. The average Bonchev–Trinajstić information content (AvgIpc) is 2.89. The lowest BCUT2D eigenvalue weighted by atomic mass is 9.94. The smallest absolute Gasteiger partial charge is 0.0486 e. The fourth-order valence-electron chi connectivity index (χ4n) is 3.13. The van der Waals surface area contributed by atoms with Crippen LogP contribution in [0.2, 0.25) is 0 Å². The number of aryl methyl sites for hydroxylation is 1. The Morgan fingerprint density at radius 1 is 1.35 bits per heavy atom. The van der Waals surface area contributed by atoms with Crippen LogP contribution in [0.5, 0.6) is 0 Å². The first-order valence-corrected chi connectivity index (χ1v) is 6.57. The number of nitrogens with two attached hydrogens (primary N) is 1. The number of H-pyrrole nitrogens is 1. The van der Waals surface area contributed by atoms with E-state index in [2.05, 4.69) is 36.3 Å². The lowest BCUT2D eigenvalue weighted by Gasteiger charge is -2.14. The maximum Gasteiger partial charge on any atom is 0.0486 e. The van der Waals surface area contributed by atoms with E-state index in [1.807, 2.05) is 0 Å². The molecule has 0 bridgehead atoms. The van der Waals surface area contributed by atoms with E-state index >= 15 is 0 Å². The van der Waals surface area contributed by atoms with Crippen LogP contribution < -0.4 is 5.73 Å². The summed E-state index contributed by atoms with van der Waals surface area (Å²) in [6, 6.07) is 6.92.